The van der Waals surface area contributed by atoms with Gasteiger partial charge in [-0.2, -0.15) is 0 Å². The van der Waals surface area contributed by atoms with Gasteiger partial charge in [0.2, 0.25) is 5.91 Å². The molecule has 0 fully saturated rings. The van der Waals surface area contributed by atoms with Crippen LogP contribution in [0.2, 0.25) is 5.02 Å². The van der Waals surface area contributed by atoms with Gasteiger partial charge >= 0.3 is 0 Å². The predicted molar refractivity (Wildman–Crippen MR) is 87.6 cm³/mol. The largest absolute Gasteiger partial charge is 0.396 e. The van der Waals surface area contributed by atoms with Crippen molar-refractivity contribution in [2.45, 2.75) is 46.0 Å². The van der Waals surface area contributed by atoms with Crippen LogP contribution in [0.4, 0.5) is 0 Å². The normalized spacial score (nSPS) is 12.3. The van der Waals surface area contributed by atoms with E-state index in [1.807, 2.05) is 45.9 Å². The Hall–Kier alpha value is -1.06. The summed E-state index contributed by atoms with van der Waals surface area (Å²) in [4.78, 5) is 12.4. The molecule has 0 bridgehead atoms. The first kappa shape index (κ1) is 18.0. The highest BCUT2D eigenvalue weighted by atomic mass is 35.5. The van der Waals surface area contributed by atoms with Crippen molar-refractivity contribution in [2.24, 2.45) is 5.41 Å². The summed E-state index contributed by atoms with van der Waals surface area (Å²) < 4.78 is 0. The number of halogens is 1. The zero-order valence-corrected chi connectivity index (χ0v) is 14.1. The molecule has 0 atom stereocenters. The van der Waals surface area contributed by atoms with Gasteiger partial charge in [0.25, 0.3) is 0 Å². The Morgan fingerprint density at radius 2 is 1.95 bits per heavy atom. The van der Waals surface area contributed by atoms with E-state index in [-0.39, 0.29) is 17.9 Å². The molecule has 1 amide bonds. The maximum atomic E-state index is 12.4. The van der Waals surface area contributed by atoms with Crippen LogP contribution in [0.25, 0.3) is 0 Å². The molecule has 0 aromatic heterocycles. The molecule has 3 nitrogen and oxygen atoms in total. The van der Waals surface area contributed by atoms with Crippen molar-refractivity contribution >= 4 is 17.5 Å². The highest BCUT2D eigenvalue weighted by Crippen LogP contribution is 2.26. The molecular formula is C17H26ClNO2. The number of rotatable bonds is 7. The zero-order chi connectivity index (χ0) is 16.1. The summed E-state index contributed by atoms with van der Waals surface area (Å²) in [5.74, 6) is -0.00780. The molecule has 118 valence electrons. The second-order valence-corrected chi connectivity index (χ2v) is 7.25. The third-order valence-corrected chi connectivity index (χ3v) is 4.09. The first-order chi connectivity index (χ1) is 9.69. The summed E-state index contributed by atoms with van der Waals surface area (Å²) in [5, 5.41) is 12.8. The highest BCUT2D eigenvalue weighted by molar-refractivity contribution is 6.30. The van der Waals surface area contributed by atoms with Crippen molar-refractivity contribution in [2.75, 3.05) is 13.2 Å². The molecule has 1 rings (SSSR count). The van der Waals surface area contributed by atoms with Crippen molar-refractivity contribution in [3.63, 3.8) is 0 Å². The number of benzene rings is 1. The number of carbonyl (C=O) groups is 1. The average Bonchev–Trinajstić information content (AvgIpc) is 2.43. The minimum absolute atomic E-state index is 0.00780. The molecule has 0 saturated carbocycles. The molecule has 4 heteroatoms. The second kappa shape index (κ2) is 7.28. The smallest absolute Gasteiger partial charge is 0.230 e. The van der Waals surface area contributed by atoms with Crippen molar-refractivity contribution in [1.29, 1.82) is 0 Å². The molecule has 0 unspecified atom stereocenters. The van der Waals surface area contributed by atoms with Crippen LogP contribution >= 0.6 is 11.6 Å². The molecule has 0 aliphatic carbocycles. The Morgan fingerprint density at radius 3 is 2.52 bits per heavy atom. The lowest BCUT2D eigenvalue weighted by atomic mass is 9.83. The van der Waals surface area contributed by atoms with Gasteiger partial charge in [-0.05, 0) is 49.8 Å². The Labute approximate surface area is 132 Å². The first-order valence-electron chi connectivity index (χ1n) is 7.34. The standard InChI is InChI=1S/C17H26ClNO2/c1-16(2,12-20)9-6-10-19-15(21)17(3,4)13-7-5-8-14(18)11-13/h5,7-8,11,20H,6,9-10,12H2,1-4H3,(H,19,21). The minimum atomic E-state index is -0.614. The summed E-state index contributed by atoms with van der Waals surface area (Å²) in [6.07, 6.45) is 1.73. The number of aliphatic hydroxyl groups is 1. The lowest BCUT2D eigenvalue weighted by molar-refractivity contribution is -0.125. The van der Waals surface area contributed by atoms with Crippen LogP contribution in [-0.2, 0) is 10.2 Å². The summed E-state index contributed by atoms with van der Waals surface area (Å²) in [6.45, 7) is 8.61. The van der Waals surface area contributed by atoms with Crippen LogP contribution in [0.3, 0.4) is 0 Å². The Balaban J connectivity index is 2.55. The first-order valence-corrected chi connectivity index (χ1v) is 7.72. The Bertz CT molecular complexity index is 483. The van der Waals surface area contributed by atoms with Gasteiger partial charge < -0.3 is 10.4 Å². The molecule has 0 saturated heterocycles. The molecule has 0 heterocycles. The van der Waals surface area contributed by atoms with Gasteiger partial charge in [0.1, 0.15) is 0 Å². The fourth-order valence-corrected chi connectivity index (χ4v) is 2.27. The number of aliphatic hydroxyl groups excluding tert-OH is 1. The van der Waals surface area contributed by atoms with E-state index in [0.717, 1.165) is 18.4 Å². The molecule has 0 spiro atoms. The lowest BCUT2D eigenvalue weighted by Gasteiger charge is -2.25. The zero-order valence-electron chi connectivity index (χ0n) is 13.4. The number of amides is 1. The van der Waals surface area contributed by atoms with Gasteiger partial charge in [-0.15, -0.1) is 0 Å². The van der Waals surface area contributed by atoms with Crippen molar-refractivity contribution in [1.82, 2.24) is 5.32 Å². The number of nitrogens with one attached hydrogen (secondary N) is 1. The van der Waals surface area contributed by atoms with E-state index in [1.54, 1.807) is 6.07 Å². The van der Waals surface area contributed by atoms with E-state index in [2.05, 4.69) is 5.32 Å². The van der Waals surface area contributed by atoms with Gasteiger partial charge in [-0.3, -0.25) is 4.79 Å². The van der Waals surface area contributed by atoms with Crippen LogP contribution in [0.1, 0.15) is 46.1 Å². The van der Waals surface area contributed by atoms with E-state index in [9.17, 15) is 9.90 Å². The predicted octanol–water partition coefficient (Wildman–Crippen LogP) is 3.53. The summed E-state index contributed by atoms with van der Waals surface area (Å²) in [7, 11) is 0. The maximum absolute atomic E-state index is 12.4. The van der Waals surface area contributed by atoms with Gasteiger partial charge in [0, 0.05) is 18.2 Å². The van der Waals surface area contributed by atoms with Crippen LogP contribution in [0.5, 0.6) is 0 Å². The molecule has 1 aromatic carbocycles. The summed E-state index contributed by atoms with van der Waals surface area (Å²) in [5.41, 5.74) is 0.202. The molecule has 0 aliphatic rings. The van der Waals surface area contributed by atoms with Crippen LogP contribution < -0.4 is 5.32 Å². The number of carbonyl (C=O) groups excluding carboxylic acids is 1. The van der Waals surface area contributed by atoms with E-state index >= 15 is 0 Å². The quantitative estimate of drug-likeness (QED) is 0.757. The summed E-state index contributed by atoms with van der Waals surface area (Å²) >= 11 is 5.99. The van der Waals surface area contributed by atoms with Crippen LogP contribution in [-0.4, -0.2) is 24.2 Å². The highest BCUT2D eigenvalue weighted by Gasteiger charge is 2.29. The Kier molecular flexibility index (Phi) is 6.24. The SMILES string of the molecule is CC(C)(CO)CCCNC(=O)C(C)(C)c1cccc(Cl)c1. The van der Waals surface area contributed by atoms with Crippen LogP contribution in [0, 0.1) is 5.41 Å². The maximum Gasteiger partial charge on any atom is 0.230 e. The summed E-state index contributed by atoms with van der Waals surface area (Å²) in [6, 6.07) is 7.41. The number of hydrogen-bond donors (Lipinski definition) is 2. The second-order valence-electron chi connectivity index (χ2n) is 6.82. The van der Waals surface area contributed by atoms with Gasteiger partial charge in [0.15, 0.2) is 0 Å². The minimum Gasteiger partial charge on any atom is -0.396 e. The van der Waals surface area contributed by atoms with Gasteiger partial charge in [-0.25, -0.2) is 0 Å². The topological polar surface area (TPSA) is 49.3 Å². The fourth-order valence-electron chi connectivity index (χ4n) is 2.08. The van der Waals surface area contributed by atoms with Crippen molar-refractivity contribution in [3.8, 4) is 0 Å². The monoisotopic (exact) mass is 311 g/mol. The molecule has 21 heavy (non-hydrogen) atoms. The van der Waals surface area contributed by atoms with E-state index < -0.39 is 5.41 Å². The lowest BCUT2D eigenvalue weighted by Crippen LogP contribution is -2.40. The van der Waals surface area contributed by atoms with E-state index in [1.165, 1.54) is 0 Å². The molecular weight excluding hydrogens is 286 g/mol. The average molecular weight is 312 g/mol. The van der Waals surface area contributed by atoms with Gasteiger partial charge in [0.05, 0.1) is 5.41 Å². The van der Waals surface area contributed by atoms with Crippen LogP contribution in [0.15, 0.2) is 24.3 Å². The van der Waals surface area contributed by atoms with Crippen molar-refractivity contribution < 1.29 is 9.90 Å². The number of hydrogen-bond acceptors (Lipinski definition) is 2. The fraction of sp³-hybridized carbons (Fsp3) is 0.588. The third-order valence-electron chi connectivity index (χ3n) is 3.86. The van der Waals surface area contributed by atoms with Gasteiger partial charge in [-0.1, -0.05) is 37.6 Å². The Morgan fingerprint density at radius 1 is 1.29 bits per heavy atom. The molecule has 1 aromatic rings. The third kappa shape index (κ3) is 5.33. The van der Waals surface area contributed by atoms with E-state index in [0.29, 0.717) is 11.6 Å². The van der Waals surface area contributed by atoms with E-state index in [4.69, 9.17) is 11.6 Å². The molecule has 0 aliphatic heterocycles. The molecule has 2 N–H and O–H groups in total. The molecule has 0 radical (unpaired) electrons. The van der Waals surface area contributed by atoms with Crippen molar-refractivity contribution in [3.05, 3.63) is 34.9 Å².